The summed E-state index contributed by atoms with van der Waals surface area (Å²) >= 11 is 0.638. The molecule has 0 aliphatic heterocycles. The average molecular weight is 287 g/mol. The van der Waals surface area contributed by atoms with Crippen molar-refractivity contribution in [2.24, 2.45) is 0 Å². The second-order valence-electron chi connectivity index (χ2n) is 6.01. The van der Waals surface area contributed by atoms with E-state index in [4.69, 9.17) is 0 Å². The molecule has 0 saturated carbocycles. The van der Waals surface area contributed by atoms with Crippen LogP contribution in [0.3, 0.4) is 0 Å². The second kappa shape index (κ2) is 5.18. The number of benzene rings is 1. The van der Waals surface area contributed by atoms with Crippen LogP contribution >= 0.6 is 0 Å². The van der Waals surface area contributed by atoms with Gasteiger partial charge in [-0.25, -0.2) is 0 Å². The van der Waals surface area contributed by atoms with Crippen molar-refractivity contribution in [3.8, 4) is 0 Å². The number of nitrogens with zero attached hydrogens (tertiary/aromatic N) is 1. The van der Waals surface area contributed by atoms with Gasteiger partial charge in [-0.1, -0.05) is 0 Å². The monoisotopic (exact) mass is 287 g/mol. The van der Waals surface area contributed by atoms with Crippen molar-refractivity contribution in [1.29, 1.82) is 0 Å². The van der Waals surface area contributed by atoms with Crippen molar-refractivity contribution >= 4 is 59.9 Å². The second-order valence-corrected chi connectivity index (χ2v) is 8.35. The van der Waals surface area contributed by atoms with Crippen LogP contribution in [0, 0.1) is 0 Å². The molecule has 0 fully saturated rings. The first-order valence-corrected chi connectivity index (χ1v) is 8.74. The number of allylic oxidation sites excluding steroid dienone is 4. The number of hydrogen-bond acceptors (Lipinski definition) is 1. The van der Waals surface area contributed by atoms with Gasteiger partial charge in [0.2, 0.25) is 0 Å². The van der Waals surface area contributed by atoms with Gasteiger partial charge >= 0.3 is 156 Å². The van der Waals surface area contributed by atoms with E-state index in [-0.39, 0.29) is -0.490 Å². The van der Waals surface area contributed by atoms with E-state index in [1.807, 2.05) is 12.3 Å². The van der Waals surface area contributed by atoms with Crippen molar-refractivity contribution in [2.45, 2.75) is 27.2 Å². The molecule has 96 valence electrons. The van der Waals surface area contributed by atoms with Gasteiger partial charge in [0.05, 0.1) is 0 Å². The van der Waals surface area contributed by atoms with Crippen molar-refractivity contribution in [3.05, 3.63) is 64.4 Å². The summed E-state index contributed by atoms with van der Waals surface area (Å²) in [5.74, 6) is 0. The van der Waals surface area contributed by atoms with Crippen LogP contribution in [0.2, 0.25) is 0 Å². The first-order valence-electron chi connectivity index (χ1n) is 7.18. The molecule has 1 aromatic heterocycles. The standard InChI is InChI=1S/C18H18N.K/c1-11-12(2)14(4)17(13(11)3)16-9-5-7-15-8-6-10-19-18(15)16;/h5-10H,1-4H3;. The van der Waals surface area contributed by atoms with Crippen molar-refractivity contribution in [3.63, 3.8) is 0 Å². The Morgan fingerprint density at radius 3 is 2.15 bits per heavy atom. The molecule has 0 radical (unpaired) electrons. The van der Waals surface area contributed by atoms with E-state index in [2.05, 4.69) is 56.9 Å². The van der Waals surface area contributed by atoms with Crippen LogP contribution in [0.15, 0.2) is 58.8 Å². The van der Waals surface area contributed by atoms with Crippen LogP contribution in [0.4, 0.5) is 0 Å². The Balaban J connectivity index is 2.37. The molecule has 2 heteroatoms. The van der Waals surface area contributed by atoms with Crippen LogP contribution in [0.5, 0.6) is 0 Å². The Morgan fingerprint density at radius 1 is 0.900 bits per heavy atom. The van der Waals surface area contributed by atoms with E-state index in [1.54, 1.807) is 0 Å². The third kappa shape index (κ3) is 1.93. The van der Waals surface area contributed by atoms with Crippen molar-refractivity contribution in [1.82, 2.24) is 4.98 Å². The molecule has 0 spiro atoms. The van der Waals surface area contributed by atoms with Gasteiger partial charge in [-0.2, -0.15) is 0 Å². The van der Waals surface area contributed by atoms with Gasteiger partial charge in [0.25, 0.3) is 0 Å². The summed E-state index contributed by atoms with van der Waals surface area (Å²) in [6.07, 6.45) is 1.91. The van der Waals surface area contributed by atoms with E-state index in [9.17, 15) is 0 Å². The molecule has 0 amide bonds. The first-order chi connectivity index (χ1) is 9.48. The molecule has 0 atom stereocenters. The Bertz CT molecular complexity index is 739. The number of hydrogen-bond donors (Lipinski definition) is 0. The van der Waals surface area contributed by atoms with E-state index >= 15 is 0 Å². The molecule has 3 rings (SSSR count). The molecule has 0 saturated heterocycles. The Kier molecular flexibility index (Phi) is 3.80. The van der Waals surface area contributed by atoms with Crippen molar-refractivity contribution in [2.75, 3.05) is 0 Å². The fraction of sp³-hybridized carbons (Fsp3) is 0.278. The number of fused-ring (bicyclic) bond motifs is 1. The van der Waals surface area contributed by atoms with E-state index < -0.39 is 0 Å². The summed E-state index contributed by atoms with van der Waals surface area (Å²) in [4.78, 5) is 4.67. The normalized spacial score (nSPS) is 18.3. The molecule has 1 aliphatic rings. The average Bonchev–Trinajstić information content (AvgIpc) is 2.63. The molecule has 2 aromatic rings. The van der Waals surface area contributed by atoms with Crippen molar-refractivity contribution < 1.29 is 0 Å². The molecule has 1 aromatic carbocycles. The van der Waals surface area contributed by atoms with E-state index in [0.717, 1.165) is 0 Å². The summed E-state index contributed by atoms with van der Waals surface area (Å²) in [6.45, 7) is 9.14. The van der Waals surface area contributed by atoms with Gasteiger partial charge in [-0.3, -0.25) is 0 Å². The zero-order valence-corrected chi connectivity index (χ0v) is 16.0. The number of para-hydroxylation sites is 1. The maximum atomic E-state index is 4.67. The minimum absolute atomic E-state index is 0.162. The first kappa shape index (κ1) is 14.7. The predicted octanol–water partition coefficient (Wildman–Crippen LogP) is 4.29. The third-order valence-corrected chi connectivity index (χ3v) is 8.54. The predicted molar refractivity (Wildman–Crippen MR) is 85.9 cm³/mol. The topological polar surface area (TPSA) is 12.9 Å². The van der Waals surface area contributed by atoms with Gasteiger partial charge in [0.15, 0.2) is 0 Å². The quantitative estimate of drug-likeness (QED) is 0.713. The Morgan fingerprint density at radius 2 is 1.50 bits per heavy atom. The SMILES string of the molecule is CC1=C(C)[C]([K])(c2cccc3cccnc23)C(C)=C1C. The van der Waals surface area contributed by atoms with Crippen LogP contribution < -0.4 is 0 Å². The van der Waals surface area contributed by atoms with Crippen LogP contribution in [0.1, 0.15) is 33.3 Å². The van der Waals surface area contributed by atoms with E-state index in [0.29, 0.717) is 49.0 Å². The van der Waals surface area contributed by atoms with Gasteiger partial charge in [-0.05, 0) is 0 Å². The molecule has 1 heterocycles. The van der Waals surface area contributed by atoms with Gasteiger partial charge in [0.1, 0.15) is 0 Å². The van der Waals surface area contributed by atoms with E-state index in [1.165, 1.54) is 38.8 Å². The minimum atomic E-state index is 0.162. The molecule has 20 heavy (non-hydrogen) atoms. The summed E-state index contributed by atoms with van der Waals surface area (Å²) in [5, 5.41) is 1.25. The number of aromatic nitrogens is 1. The Hall–Kier alpha value is -0.254. The zero-order valence-electron chi connectivity index (χ0n) is 12.9. The van der Waals surface area contributed by atoms with Crippen LogP contribution in [-0.4, -0.2) is 53.9 Å². The van der Waals surface area contributed by atoms with Crippen LogP contribution in [0.25, 0.3) is 10.9 Å². The van der Waals surface area contributed by atoms with Crippen LogP contribution in [-0.2, 0) is -0.490 Å². The molecule has 1 nitrogen and oxygen atoms in total. The fourth-order valence-electron chi connectivity index (χ4n) is 3.51. The van der Waals surface area contributed by atoms with Gasteiger partial charge in [0, 0.05) is 0 Å². The third-order valence-electron chi connectivity index (χ3n) is 5.36. The number of pyridine rings is 1. The molecule has 0 unspecified atom stereocenters. The summed E-state index contributed by atoms with van der Waals surface area (Å²) < 4.78 is 0.162. The Labute approximate surface area is 154 Å². The summed E-state index contributed by atoms with van der Waals surface area (Å²) in [6, 6.07) is 10.8. The summed E-state index contributed by atoms with van der Waals surface area (Å²) in [5.41, 5.74) is 8.59. The summed E-state index contributed by atoms with van der Waals surface area (Å²) in [7, 11) is 0. The van der Waals surface area contributed by atoms with Gasteiger partial charge < -0.3 is 0 Å². The number of rotatable bonds is 1. The van der Waals surface area contributed by atoms with Gasteiger partial charge in [-0.15, -0.1) is 0 Å². The molecule has 0 bridgehead atoms. The maximum absolute atomic E-state index is 4.67. The molecular weight excluding hydrogens is 269 g/mol. The zero-order chi connectivity index (χ0) is 14.5. The molecular formula is C18H18KN. The molecule has 0 N–H and O–H groups in total. The molecule has 1 aliphatic carbocycles. The fourth-order valence-corrected chi connectivity index (χ4v) is 5.31.